The number of ether oxygens (including phenoxy) is 1. The Morgan fingerprint density at radius 1 is 1.14 bits per heavy atom. The maximum Gasteiger partial charge on any atom is 0.326 e. The highest BCUT2D eigenvalue weighted by atomic mass is 16.5. The minimum atomic E-state index is -0.899. The molecule has 0 aromatic carbocycles. The normalized spacial score (nSPS) is 32.9. The lowest BCUT2D eigenvalue weighted by atomic mass is 9.73. The molecule has 8 nitrogen and oxygen atoms in total. The van der Waals surface area contributed by atoms with E-state index in [4.69, 9.17) is 4.74 Å². The van der Waals surface area contributed by atoms with E-state index in [2.05, 4.69) is 17.6 Å². The number of urea groups is 1. The molecule has 156 valence electrons. The Morgan fingerprint density at radius 2 is 1.86 bits per heavy atom. The van der Waals surface area contributed by atoms with Crippen LogP contribution in [0.15, 0.2) is 0 Å². The SMILES string of the molecule is C[C@@H]1CCCC[C@@H]1NC(=O)COC(=O)CN1C(=O)N[C@]2(CCCC[C@@H]2C)C1=O. The number of rotatable bonds is 5. The molecule has 0 radical (unpaired) electrons. The molecule has 1 saturated heterocycles. The van der Waals surface area contributed by atoms with E-state index in [0.29, 0.717) is 12.3 Å². The molecule has 0 unspecified atom stereocenters. The molecule has 28 heavy (non-hydrogen) atoms. The van der Waals surface area contributed by atoms with Gasteiger partial charge in [0.05, 0.1) is 0 Å². The molecular weight excluding hydrogens is 362 g/mol. The van der Waals surface area contributed by atoms with Crippen LogP contribution < -0.4 is 10.6 Å². The third-order valence-corrected chi connectivity index (χ3v) is 6.61. The second kappa shape index (κ2) is 8.49. The van der Waals surface area contributed by atoms with Crippen LogP contribution in [-0.4, -0.2) is 53.4 Å². The van der Waals surface area contributed by atoms with Crippen LogP contribution in [0.25, 0.3) is 0 Å². The number of nitrogens with zero attached hydrogens (tertiary/aromatic N) is 1. The predicted molar refractivity (Wildman–Crippen MR) is 101 cm³/mol. The van der Waals surface area contributed by atoms with Gasteiger partial charge in [-0.2, -0.15) is 0 Å². The number of hydrogen-bond donors (Lipinski definition) is 2. The van der Waals surface area contributed by atoms with Crippen LogP contribution in [0.5, 0.6) is 0 Å². The summed E-state index contributed by atoms with van der Waals surface area (Å²) in [5.74, 6) is -1.02. The Labute approximate surface area is 165 Å². The number of carbonyl (C=O) groups excluding carboxylic acids is 4. The van der Waals surface area contributed by atoms with Gasteiger partial charge in [-0.1, -0.05) is 39.5 Å². The summed E-state index contributed by atoms with van der Waals surface area (Å²) in [6.07, 6.45) is 7.63. The highest BCUT2D eigenvalue weighted by molar-refractivity contribution is 6.09. The number of imide groups is 1. The van der Waals surface area contributed by atoms with Gasteiger partial charge >= 0.3 is 12.0 Å². The topological polar surface area (TPSA) is 105 Å². The zero-order valence-corrected chi connectivity index (χ0v) is 16.8. The molecule has 2 aliphatic carbocycles. The van der Waals surface area contributed by atoms with Crippen molar-refractivity contribution in [3.63, 3.8) is 0 Å². The second-order valence-electron chi connectivity index (χ2n) is 8.54. The molecule has 0 aromatic rings. The van der Waals surface area contributed by atoms with Crippen LogP contribution in [0.3, 0.4) is 0 Å². The zero-order valence-electron chi connectivity index (χ0n) is 16.8. The van der Waals surface area contributed by atoms with Gasteiger partial charge in [0.25, 0.3) is 11.8 Å². The third-order valence-electron chi connectivity index (χ3n) is 6.61. The molecule has 4 amide bonds. The van der Waals surface area contributed by atoms with Gasteiger partial charge in [0.15, 0.2) is 6.61 Å². The van der Waals surface area contributed by atoms with Gasteiger partial charge in [-0.05, 0) is 37.5 Å². The molecule has 2 N–H and O–H groups in total. The average Bonchev–Trinajstić information content (AvgIpc) is 2.89. The van der Waals surface area contributed by atoms with Crippen molar-refractivity contribution in [1.29, 1.82) is 0 Å². The maximum absolute atomic E-state index is 12.8. The molecule has 3 fully saturated rings. The van der Waals surface area contributed by atoms with Crippen LogP contribution in [0.2, 0.25) is 0 Å². The van der Waals surface area contributed by atoms with E-state index in [1.54, 1.807) is 0 Å². The number of esters is 1. The Balaban J connectivity index is 1.48. The van der Waals surface area contributed by atoms with Crippen LogP contribution in [0.1, 0.15) is 65.2 Å². The largest absolute Gasteiger partial charge is 0.454 e. The number of amides is 4. The highest BCUT2D eigenvalue weighted by Crippen LogP contribution is 2.38. The van der Waals surface area contributed by atoms with Crippen molar-refractivity contribution in [1.82, 2.24) is 15.5 Å². The molecule has 3 rings (SSSR count). The number of carbonyl (C=O) groups is 4. The molecule has 3 aliphatic rings. The third kappa shape index (κ3) is 4.15. The van der Waals surface area contributed by atoms with E-state index in [-0.39, 0.29) is 23.8 Å². The Kier molecular flexibility index (Phi) is 6.25. The van der Waals surface area contributed by atoms with Crippen molar-refractivity contribution >= 4 is 23.8 Å². The van der Waals surface area contributed by atoms with E-state index in [1.807, 2.05) is 6.92 Å². The van der Waals surface area contributed by atoms with Crippen LogP contribution >= 0.6 is 0 Å². The van der Waals surface area contributed by atoms with Gasteiger partial charge in [0, 0.05) is 6.04 Å². The first-order chi connectivity index (χ1) is 13.3. The van der Waals surface area contributed by atoms with E-state index in [1.165, 1.54) is 6.42 Å². The lowest BCUT2D eigenvalue weighted by molar-refractivity contribution is -0.151. The van der Waals surface area contributed by atoms with E-state index in [9.17, 15) is 19.2 Å². The fourth-order valence-electron chi connectivity index (χ4n) is 4.74. The first-order valence-corrected chi connectivity index (χ1v) is 10.4. The number of hydrogen-bond acceptors (Lipinski definition) is 5. The molecule has 0 bridgehead atoms. The van der Waals surface area contributed by atoms with Crippen LogP contribution in [0, 0.1) is 11.8 Å². The van der Waals surface area contributed by atoms with Crippen LogP contribution in [-0.2, 0) is 19.1 Å². The van der Waals surface area contributed by atoms with Crippen molar-refractivity contribution in [2.45, 2.75) is 76.8 Å². The molecule has 8 heteroatoms. The second-order valence-corrected chi connectivity index (χ2v) is 8.54. The monoisotopic (exact) mass is 393 g/mol. The van der Waals surface area contributed by atoms with Gasteiger partial charge in [-0.3, -0.25) is 19.3 Å². The molecule has 1 aliphatic heterocycles. The van der Waals surface area contributed by atoms with Crippen molar-refractivity contribution in [2.24, 2.45) is 11.8 Å². The standard InChI is InChI=1S/C20H31N3O5/c1-13-7-3-4-9-15(13)21-16(24)12-28-17(25)11-23-18(26)20(22-19(23)27)10-6-5-8-14(20)2/h13-15H,3-12H2,1-2H3,(H,21,24)(H,22,27)/t13-,14+,15+,20+/m1/s1. The summed E-state index contributed by atoms with van der Waals surface area (Å²) in [5.41, 5.74) is -0.899. The van der Waals surface area contributed by atoms with Crippen LogP contribution in [0.4, 0.5) is 4.79 Å². The van der Waals surface area contributed by atoms with Gasteiger partial charge in [-0.25, -0.2) is 4.79 Å². The molecular formula is C20H31N3O5. The maximum atomic E-state index is 12.8. The lowest BCUT2D eigenvalue weighted by Gasteiger charge is -2.36. The molecule has 2 saturated carbocycles. The first kappa shape index (κ1) is 20.6. The quantitative estimate of drug-likeness (QED) is 0.547. The zero-order chi connectivity index (χ0) is 20.3. The Morgan fingerprint density at radius 3 is 2.57 bits per heavy atom. The van der Waals surface area contributed by atoms with E-state index >= 15 is 0 Å². The van der Waals surface area contributed by atoms with Gasteiger partial charge < -0.3 is 15.4 Å². The lowest BCUT2D eigenvalue weighted by Crippen LogP contribution is -2.54. The van der Waals surface area contributed by atoms with Crippen molar-refractivity contribution in [2.75, 3.05) is 13.2 Å². The van der Waals surface area contributed by atoms with Gasteiger partial charge in [0.2, 0.25) is 0 Å². The molecule has 1 spiro atoms. The van der Waals surface area contributed by atoms with Gasteiger partial charge in [0.1, 0.15) is 12.1 Å². The van der Waals surface area contributed by atoms with Crippen molar-refractivity contribution in [3.05, 3.63) is 0 Å². The molecule has 0 aromatic heterocycles. The summed E-state index contributed by atoms with van der Waals surface area (Å²) < 4.78 is 5.02. The molecule has 4 atom stereocenters. The summed E-state index contributed by atoms with van der Waals surface area (Å²) in [4.78, 5) is 50.2. The fourth-order valence-corrected chi connectivity index (χ4v) is 4.74. The van der Waals surface area contributed by atoms with Crippen molar-refractivity contribution in [3.8, 4) is 0 Å². The predicted octanol–water partition coefficient (Wildman–Crippen LogP) is 1.73. The van der Waals surface area contributed by atoms with E-state index in [0.717, 1.165) is 43.4 Å². The summed E-state index contributed by atoms with van der Waals surface area (Å²) in [6, 6.07) is -0.449. The first-order valence-electron chi connectivity index (χ1n) is 10.4. The van der Waals surface area contributed by atoms with Gasteiger partial charge in [-0.15, -0.1) is 0 Å². The summed E-state index contributed by atoms with van der Waals surface area (Å²) in [7, 11) is 0. The van der Waals surface area contributed by atoms with E-state index < -0.39 is 30.7 Å². The average molecular weight is 393 g/mol. The van der Waals surface area contributed by atoms with Crippen molar-refractivity contribution < 1.29 is 23.9 Å². The Hall–Kier alpha value is -2.12. The summed E-state index contributed by atoms with van der Waals surface area (Å²) >= 11 is 0. The number of nitrogens with one attached hydrogen (secondary N) is 2. The minimum Gasteiger partial charge on any atom is -0.454 e. The minimum absolute atomic E-state index is 0.0296. The fraction of sp³-hybridized carbons (Fsp3) is 0.800. The molecule has 1 heterocycles. The summed E-state index contributed by atoms with van der Waals surface area (Å²) in [6.45, 7) is 3.20. The highest BCUT2D eigenvalue weighted by Gasteiger charge is 2.55. The Bertz CT molecular complexity index is 652. The summed E-state index contributed by atoms with van der Waals surface area (Å²) in [5, 5.41) is 5.71. The smallest absolute Gasteiger partial charge is 0.326 e.